The molecule has 1 unspecified atom stereocenters. The zero-order valence-corrected chi connectivity index (χ0v) is 11.0. The Morgan fingerprint density at radius 1 is 1.42 bits per heavy atom. The molecule has 0 aliphatic carbocycles. The monoisotopic (exact) mass is 263 g/mol. The van der Waals surface area contributed by atoms with Crippen molar-refractivity contribution in [3.05, 3.63) is 29.8 Å². The molecule has 2 rings (SSSR count). The zero-order valence-electron chi connectivity index (χ0n) is 11.0. The van der Waals surface area contributed by atoms with Gasteiger partial charge in [0.15, 0.2) is 0 Å². The van der Waals surface area contributed by atoms with Crippen LogP contribution in [0.15, 0.2) is 24.3 Å². The van der Waals surface area contributed by atoms with Crippen LogP contribution in [0.2, 0.25) is 0 Å². The molecule has 1 aliphatic heterocycles. The summed E-state index contributed by atoms with van der Waals surface area (Å²) in [4.78, 5) is 25.7. The molecule has 102 valence electrons. The molecule has 1 aromatic carbocycles. The summed E-state index contributed by atoms with van der Waals surface area (Å²) < 4.78 is 0. The summed E-state index contributed by atoms with van der Waals surface area (Å²) in [6.07, 6.45) is 0. The van der Waals surface area contributed by atoms with Crippen LogP contribution in [0.5, 0.6) is 0 Å². The molecular weight excluding hydrogens is 246 g/mol. The molecule has 1 atom stereocenters. The van der Waals surface area contributed by atoms with E-state index >= 15 is 0 Å². The van der Waals surface area contributed by atoms with Gasteiger partial charge in [-0.05, 0) is 17.7 Å². The van der Waals surface area contributed by atoms with Crippen molar-refractivity contribution in [1.82, 2.24) is 10.2 Å². The number of benzene rings is 1. The molecule has 0 radical (unpaired) electrons. The number of urea groups is 1. The Kier molecular flexibility index (Phi) is 3.59. The minimum atomic E-state index is -1.01. The highest BCUT2D eigenvalue weighted by Gasteiger charge is 2.33. The van der Waals surface area contributed by atoms with Crippen molar-refractivity contribution in [2.24, 2.45) is 0 Å². The number of amides is 2. The van der Waals surface area contributed by atoms with Gasteiger partial charge >= 0.3 is 12.0 Å². The summed E-state index contributed by atoms with van der Waals surface area (Å²) in [7, 11) is 3.90. The highest BCUT2D eigenvalue weighted by Crippen LogP contribution is 2.25. The first-order valence-electron chi connectivity index (χ1n) is 6.02. The van der Waals surface area contributed by atoms with Crippen LogP contribution < -0.4 is 10.2 Å². The molecule has 1 aliphatic rings. The first-order chi connectivity index (χ1) is 8.99. The van der Waals surface area contributed by atoms with E-state index in [4.69, 9.17) is 5.11 Å². The average Bonchev–Trinajstić information content (AvgIpc) is 2.71. The first-order valence-corrected chi connectivity index (χ1v) is 6.02. The summed E-state index contributed by atoms with van der Waals surface area (Å²) in [6.45, 7) is 0.152. The van der Waals surface area contributed by atoms with Crippen LogP contribution in [-0.4, -0.2) is 49.2 Å². The Labute approximate surface area is 111 Å². The minimum Gasteiger partial charge on any atom is -0.480 e. The number of nitrogens with one attached hydrogen (secondary N) is 1. The smallest absolute Gasteiger partial charge is 0.323 e. The molecule has 2 N–H and O–H groups in total. The lowest BCUT2D eigenvalue weighted by Gasteiger charge is -2.22. The van der Waals surface area contributed by atoms with Crippen LogP contribution in [0.4, 0.5) is 10.5 Å². The van der Waals surface area contributed by atoms with E-state index < -0.39 is 5.97 Å². The molecule has 1 aromatic rings. The Morgan fingerprint density at radius 3 is 2.58 bits per heavy atom. The van der Waals surface area contributed by atoms with E-state index in [2.05, 4.69) is 5.32 Å². The zero-order chi connectivity index (χ0) is 14.0. The van der Waals surface area contributed by atoms with Gasteiger partial charge in [0.2, 0.25) is 0 Å². The molecule has 1 fully saturated rings. The third-order valence-corrected chi connectivity index (χ3v) is 3.18. The van der Waals surface area contributed by atoms with Crippen LogP contribution in [0.25, 0.3) is 0 Å². The van der Waals surface area contributed by atoms with Crippen LogP contribution in [0, 0.1) is 0 Å². The lowest BCUT2D eigenvalue weighted by atomic mass is 10.1. The van der Waals surface area contributed by atoms with Crippen LogP contribution in [-0.2, 0) is 4.79 Å². The Balaban J connectivity index is 2.20. The van der Waals surface area contributed by atoms with E-state index in [1.807, 2.05) is 43.3 Å². The number of carboxylic acids is 1. The maximum atomic E-state index is 11.6. The van der Waals surface area contributed by atoms with Crippen molar-refractivity contribution in [1.29, 1.82) is 0 Å². The Morgan fingerprint density at radius 2 is 2.05 bits per heavy atom. The van der Waals surface area contributed by atoms with Crippen molar-refractivity contribution in [2.75, 3.05) is 32.1 Å². The molecular formula is C13H17N3O3. The molecule has 0 bridgehead atoms. The van der Waals surface area contributed by atoms with Gasteiger partial charge in [-0.25, -0.2) is 4.79 Å². The number of aliphatic carboxylic acids is 1. The van der Waals surface area contributed by atoms with Gasteiger partial charge in [0, 0.05) is 26.3 Å². The summed E-state index contributed by atoms with van der Waals surface area (Å²) in [5, 5.41) is 11.5. The van der Waals surface area contributed by atoms with Crippen LogP contribution in [0.1, 0.15) is 11.6 Å². The lowest BCUT2D eigenvalue weighted by Crippen LogP contribution is -2.34. The molecule has 19 heavy (non-hydrogen) atoms. The fraction of sp³-hybridized carbons (Fsp3) is 0.385. The van der Waals surface area contributed by atoms with E-state index in [1.54, 1.807) is 0 Å². The number of rotatable bonds is 4. The highest BCUT2D eigenvalue weighted by atomic mass is 16.4. The van der Waals surface area contributed by atoms with Gasteiger partial charge in [-0.3, -0.25) is 4.79 Å². The van der Waals surface area contributed by atoms with Crippen molar-refractivity contribution in [3.63, 3.8) is 0 Å². The number of anilines is 1. The van der Waals surface area contributed by atoms with Gasteiger partial charge in [0.05, 0.1) is 6.04 Å². The van der Waals surface area contributed by atoms with Crippen molar-refractivity contribution < 1.29 is 14.7 Å². The lowest BCUT2D eigenvalue weighted by molar-refractivity contribution is -0.137. The number of hydrogen-bond donors (Lipinski definition) is 2. The highest BCUT2D eigenvalue weighted by molar-refractivity contribution is 5.82. The Hall–Kier alpha value is -2.24. The first kappa shape index (κ1) is 13.2. The second-order valence-electron chi connectivity index (χ2n) is 4.71. The summed E-state index contributed by atoms with van der Waals surface area (Å²) in [6, 6.07) is 7.21. The summed E-state index contributed by atoms with van der Waals surface area (Å²) in [5.41, 5.74) is 2.00. The largest absolute Gasteiger partial charge is 0.480 e. The Bertz CT molecular complexity index is 484. The van der Waals surface area contributed by atoms with E-state index in [0.717, 1.165) is 11.3 Å². The second kappa shape index (κ2) is 5.17. The predicted octanol–water partition coefficient (Wildman–Crippen LogP) is 0.903. The summed E-state index contributed by atoms with van der Waals surface area (Å²) >= 11 is 0. The van der Waals surface area contributed by atoms with Gasteiger partial charge in [-0.15, -0.1) is 0 Å². The number of carbonyl (C=O) groups excluding carboxylic acids is 1. The number of carbonyl (C=O) groups is 2. The van der Waals surface area contributed by atoms with Crippen molar-refractivity contribution in [3.8, 4) is 0 Å². The van der Waals surface area contributed by atoms with Gasteiger partial charge in [-0.1, -0.05) is 12.1 Å². The van der Waals surface area contributed by atoms with Crippen LogP contribution in [0.3, 0.4) is 0 Å². The quantitative estimate of drug-likeness (QED) is 0.846. The molecule has 0 saturated carbocycles. The van der Waals surface area contributed by atoms with Gasteiger partial charge in [0.25, 0.3) is 0 Å². The van der Waals surface area contributed by atoms with Crippen LogP contribution >= 0.6 is 0 Å². The van der Waals surface area contributed by atoms with E-state index in [1.165, 1.54) is 4.90 Å². The van der Waals surface area contributed by atoms with Gasteiger partial charge < -0.3 is 20.2 Å². The van der Waals surface area contributed by atoms with Gasteiger partial charge in [-0.2, -0.15) is 0 Å². The van der Waals surface area contributed by atoms with Gasteiger partial charge in [0.1, 0.15) is 6.54 Å². The molecule has 6 nitrogen and oxygen atoms in total. The maximum Gasteiger partial charge on any atom is 0.323 e. The molecule has 0 spiro atoms. The normalized spacial score (nSPS) is 18.3. The van der Waals surface area contributed by atoms with E-state index in [-0.39, 0.29) is 18.6 Å². The average molecular weight is 263 g/mol. The number of nitrogens with zero attached hydrogens (tertiary/aromatic N) is 2. The van der Waals surface area contributed by atoms with Crippen molar-refractivity contribution in [2.45, 2.75) is 6.04 Å². The topological polar surface area (TPSA) is 72.9 Å². The van der Waals surface area contributed by atoms with Crippen molar-refractivity contribution >= 4 is 17.7 Å². The molecule has 6 heteroatoms. The standard InChI is InChI=1S/C13H17N3O3/c1-15(2)10-5-3-9(4-6-10)11-7-14-13(19)16(11)8-12(17)18/h3-6,11H,7-8H2,1-2H3,(H,14,19)(H,17,18). The third kappa shape index (κ3) is 2.78. The minimum absolute atomic E-state index is 0.222. The maximum absolute atomic E-state index is 11.6. The number of hydrogen-bond acceptors (Lipinski definition) is 3. The number of carboxylic acid groups (broad SMARTS) is 1. The van der Waals surface area contributed by atoms with E-state index in [9.17, 15) is 9.59 Å². The summed E-state index contributed by atoms with van der Waals surface area (Å²) in [5.74, 6) is -1.01. The molecule has 1 saturated heterocycles. The fourth-order valence-corrected chi connectivity index (χ4v) is 2.16. The third-order valence-electron chi connectivity index (χ3n) is 3.18. The van der Waals surface area contributed by atoms with E-state index in [0.29, 0.717) is 6.54 Å². The predicted molar refractivity (Wildman–Crippen MR) is 71.3 cm³/mol. The second-order valence-corrected chi connectivity index (χ2v) is 4.71. The molecule has 0 aromatic heterocycles. The SMILES string of the molecule is CN(C)c1ccc(C2CNC(=O)N2CC(=O)O)cc1. The fourth-order valence-electron chi connectivity index (χ4n) is 2.16. The molecule has 1 heterocycles. The molecule has 2 amide bonds.